The lowest BCUT2D eigenvalue weighted by Crippen LogP contribution is -2.39. The Kier molecular flexibility index (Phi) is 4.04. The molecule has 0 fully saturated rings. The van der Waals surface area contributed by atoms with E-state index in [2.05, 4.69) is 19.9 Å². The van der Waals surface area contributed by atoms with Gasteiger partial charge < -0.3 is 4.74 Å². The molecule has 0 amide bonds. The number of nitrogens with zero attached hydrogens (tertiary/aromatic N) is 1. The first-order valence-corrected chi connectivity index (χ1v) is 7.06. The van der Waals surface area contributed by atoms with Crippen molar-refractivity contribution in [3.05, 3.63) is 11.3 Å². The molecule has 2 aliphatic rings. The SMILES string of the molecule is CCC(CC)C1C2=C(CCCC2=O)OC(=N)C1C#N. The third-order valence-electron chi connectivity index (χ3n) is 4.31. The fourth-order valence-electron chi connectivity index (χ4n) is 3.28. The summed E-state index contributed by atoms with van der Waals surface area (Å²) >= 11 is 0. The Morgan fingerprint density at radius 1 is 1.42 bits per heavy atom. The summed E-state index contributed by atoms with van der Waals surface area (Å²) in [5.74, 6) is 0.305. The molecule has 2 atom stereocenters. The van der Waals surface area contributed by atoms with Gasteiger partial charge in [0.1, 0.15) is 11.7 Å². The Hall–Kier alpha value is -1.63. The van der Waals surface area contributed by atoms with E-state index in [-0.39, 0.29) is 23.5 Å². The van der Waals surface area contributed by atoms with Crippen LogP contribution in [0.15, 0.2) is 11.3 Å². The minimum Gasteiger partial charge on any atom is -0.446 e. The van der Waals surface area contributed by atoms with Gasteiger partial charge in [0.2, 0.25) is 5.90 Å². The lowest BCUT2D eigenvalue weighted by atomic mass is 9.70. The number of allylic oxidation sites excluding steroid dienone is 2. The maximum absolute atomic E-state index is 12.2. The predicted molar refractivity (Wildman–Crippen MR) is 71.4 cm³/mol. The number of hydrogen-bond acceptors (Lipinski definition) is 4. The van der Waals surface area contributed by atoms with Crippen LogP contribution in [0.4, 0.5) is 0 Å². The van der Waals surface area contributed by atoms with Gasteiger partial charge in [-0.15, -0.1) is 0 Å². The Bertz CT molecular complexity index is 469. The summed E-state index contributed by atoms with van der Waals surface area (Å²) < 4.78 is 5.45. The summed E-state index contributed by atoms with van der Waals surface area (Å²) in [6.45, 7) is 4.16. The maximum Gasteiger partial charge on any atom is 0.204 e. The second-order valence-electron chi connectivity index (χ2n) is 5.29. The summed E-state index contributed by atoms with van der Waals surface area (Å²) in [7, 11) is 0. The highest BCUT2D eigenvalue weighted by molar-refractivity contribution is 6.00. The molecule has 1 aliphatic carbocycles. The van der Waals surface area contributed by atoms with Crippen molar-refractivity contribution in [2.45, 2.75) is 46.0 Å². The number of rotatable bonds is 3. The quantitative estimate of drug-likeness (QED) is 0.846. The van der Waals surface area contributed by atoms with E-state index in [9.17, 15) is 10.1 Å². The van der Waals surface area contributed by atoms with Gasteiger partial charge in [-0.2, -0.15) is 5.26 Å². The number of ether oxygens (including phenoxy) is 1. The first kappa shape index (κ1) is 13.8. The molecule has 1 N–H and O–H groups in total. The zero-order valence-electron chi connectivity index (χ0n) is 11.5. The van der Waals surface area contributed by atoms with Gasteiger partial charge in [0.05, 0.1) is 6.07 Å². The highest BCUT2D eigenvalue weighted by atomic mass is 16.5. The second-order valence-corrected chi connectivity index (χ2v) is 5.29. The van der Waals surface area contributed by atoms with Crippen LogP contribution in [0.3, 0.4) is 0 Å². The Morgan fingerprint density at radius 2 is 2.11 bits per heavy atom. The molecule has 1 heterocycles. The summed E-state index contributed by atoms with van der Waals surface area (Å²) in [5.41, 5.74) is 0.711. The molecule has 0 saturated carbocycles. The number of hydrogen-bond donors (Lipinski definition) is 1. The van der Waals surface area contributed by atoms with E-state index in [4.69, 9.17) is 10.1 Å². The third kappa shape index (κ3) is 2.30. The molecule has 0 aromatic rings. The van der Waals surface area contributed by atoms with E-state index in [1.807, 2.05) is 0 Å². The highest BCUT2D eigenvalue weighted by Crippen LogP contribution is 2.43. The van der Waals surface area contributed by atoms with E-state index in [0.29, 0.717) is 17.8 Å². The van der Waals surface area contributed by atoms with Crippen molar-refractivity contribution in [1.82, 2.24) is 0 Å². The largest absolute Gasteiger partial charge is 0.446 e. The predicted octanol–water partition coefficient (Wildman–Crippen LogP) is 3.19. The molecule has 102 valence electrons. The molecule has 2 rings (SSSR count). The van der Waals surface area contributed by atoms with Gasteiger partial charge in [0, 0.05) is 24.3 Å². The van der Waals surface area contributed by atoms with Gasteiger partial charge >= 0.3 is 0 Å². The number of carbonyl (C=O) groups is 1. The van der Waals surface area contributed by atoms with Gasteiger partial charge in [-0.25, -0.2) is 0 Å². The van der Waals surface area contributed by atoms with Crippen molar-refractivity contribution in [2.24, 2.45) is 17.8 Å². The summed E-state index contributed by atoms with van der Waals surface area (Å²) in [5, 5.41) is 17.3. The third-order valence-corrected chi connectivity index (χ3v) is 4.31. The first-order valence-electron chi connectivity index (χ1n) is 7.06. The van der Waals surface area contributed by atoms with Crippen molar-refractivity contribution in [3.63, 3.8) is 0 Å². The molecule has 0 spiro atoms. The van der Waals surface area contributed by atoms with Crippen molar-refractivity contribution in [1.29, 1.82) is 10.7 Å². The molecular weight excluding hydrogens is 240 g/mol. The van der Waals surface area contributed by atoms with Crippen molar-refractivity contribution in [2.75, 3.05) is 0 Å². The Morgan fingerprint density at radius 3 is 2.68 bits per heavy atom. The number of ketones is 1. The number of nitriles is 1. The van der Waals surface area contributed by atoms with Gasteiger partial charge in [0.15, 0.2) is 5.78 Å². The molecule has 4 nitrogen and oxygen atoms in total. The number of Topliss-reactive ketones (excluding diaryl/α,β-unsaturated/α-hetero) is 1. The van der Waals surface area contributed by atoms with Crippen LogP contribution in [0.25, 0.3) is 0 Å². The van der Waals surface area contributed by atoms with Crippen LogP contribution in [-0.4, -0.2) is 11.7 Å². The van der Waals surface area contributed by atoms with Gasteiger partial charge in [0.25, 0.3) is 0 Å². The maximum atomic E-state index is 12.2. The minimum absolute atomic E-state index is 0.0212. The molecule has 19 heavy (non-hydrogen) atoms. The number of nitrogens with one attached hydrogen (secondary N) is 1. The normalized spacial score (nSPS) is 27.1. The molecule has 1 aliphatic heterocycles. The smallest absolute Gasteiger partial charge is 0.204 e. The number of carbonyl (C=O) groups excluding carboxylic acids is 1. The van der Waals surface area contributed by atoms with Crippen LogP contribution >= 0.6 is 0 Å². The summed E-state index contributed by atoms with van der Waals surface area (Å²) in [6.07, 6.45) is 3.88. The molecular formula is C15H20N2O2. The lowest BCUT2D eigenvalue weighted by molar-refractivity contribution is -0.117. The first-order chi connectivity index (χ1) is 9.13. The van der Waals surface area contributed by atoms with Crippen molar-refractivity contribution in [3.8, 4) is 6.07 Å². The fraction of sp³-hybridized carbons (Fsp3) is 0.667. The van der Waals surface area contributed by atoms with E-state index in [1.165, 1.54) is 0 Å². The highest BCUT2D eigenvalue weighted by Gasteiger charge is 2.44. The molecule has 0 aromatic heterocycles. The van der Waals surface area contributed by atoms with Gasteiger partial charge in [-0.1, -0.05) is 26.7 Å². The molecule has 0 radical (unpaired) electrons. The van der Waals surface area contributed by atoms with E-state index >= 15 is 0 Å². The fourth-order valence-corrected chi connectivity index (χ4v) is 3.28. The molecule has 4 heteroatoms. The summed E-state index contributed by atoms with van der Waals surface area (Å²) in [6, 6.07) is 2.17. The monoisotopic (exact) mass is 260 g/mol. The average Bonchev–Trinajstić information content (AvgIpc) is 2.40. The van der Waals surface area contributed by atoms with E-state index in [1.54, 1.807) is 0 Å². The Labute approximate surface area is 114 Å². The topological polar surface area (TPSA) is 73.9 Å². The van der Waals surface area contributed by atoms with Crippen molar-refractivity contribution < 1.29 is 9.53 Å². The van der Waals surface area contributed by atoms with Crippen LogP contribution in [0.1, 0.15) is 46.0 Å². The second kappa shape index (κ2) is 5.56. The van der Waals surface area contributed by atoms with Crippen molar-refractivity contribution >= 4 is 11.7 Å². The van der Waals surface area contributed by atoms with E-state index < -0.39 is 5.92 Å². The zero-order valence-corrected chi connectivity index (χ0v) is 11.5. The minimum atomic E-state index is -0.606. The molecule has 0 saturated heterocycles. The average molecular weight is 260 g/mol. The zero-order chi connectivity index (χ0) is 14.0. The van der Waals surface area contributed by atoms with Gasteiger partial charge in [-0.3, -0.25) is 10.2 Å². The Balaban J connectivity index is 2.50. The standard InChI is InChI=1S/C15H20N2O2/c1-3-9(4-2)13-10(8-16)15(17)19-12-7-5-6-11(18)14(12)13/h9-10,13,17H,3-7H2,1-2H3. The van der Waals surface area contributed by atoms with Crippen LogP contribution in [0, 0.1) is 34.5 Å². The van der Waals surface area contributed by atoms with Crippen LogP contribution in [0.5, 0.6) is 0 Å². The summed E-state index contributed by atoms with van der Waals surface area (Å²) in [4.78, 5) is 12.2. The molecule has 2 unspecified atom stereocenters. The van der Waals surface area contributed by atoms with Gasteiger partial charge in [-0.05, 0) is 12.3 Å². The lowest BCUT2D eigenvalue weighted by Gasteiger charge is -2.37. The molecule has 0 aromatic carbocycles. The van der Waals surface area contributed by atoms with Crippen LogP contribution in [-0.2, 0) is 9.53 Å². The van der Waals surface area contributed by atoms with Crippen LogP contribution in [0.2, 0.25) is 0 Å². The molecule has 0 bridgehead atoms. The van der Waals surface area contributed by atoms with Crippen LogP contribution < -0.4 is 0 Å². The van der Waals surface area contributed by atoms with E-state index in [0.717, 1.165) is 25.7 Å².